The molecule has 0 radical (unpaired) electrons. The molecule has 0 N–H and O–H groups in total. The third-order valence-corrected chi connectivity index (χ3v) is 18.1. The highest BCUT2D eigenvalue weighted by Crippen LogP contribution is 2.67. The van der Waals surface area contributed by atoms with Crippen LogP contribution in [0.15, 0.2) is 0 Å². The molecule has 0 aromatic rings. The molecule has 9 aliphatic rings. The first-order valence-corrected chi connectivity index (χ1v) is 20.1. The summed E-state index contributed by atoms with van der Waals surface area (Å²) in [5.74, 6) is 18.0. The number of fused-ring (bicyclic) bond motifs is 7. The van der Waals surface area contributed by atoms with Gasteiger partial charge in [-0.1, -0.05) is 46.0 Å². The molecule has 41 heavy (non-hydrogen) atoms. The van der Waals surface area contributed by atoms with E-state index in [1.807, 2.05) is 0 Å². The lowest BCUT2D eigenvalue weighted by molar-refractivity contribution is -0.0284. The van der Waals surface area contributed by atoms with Crippen LogP contribution >= 0.6 is 0 Å². The number of hydrogen-bond acceptors (Lipinski definition) is 0. The molecular formula is C41H66. The maximum absolute atomic E-state index is 2.73. The molecule has 0 heteroatoms. The summed E-state index contributed by atoms with van der Waals surface area (Å²) in [7, 11) is 0. The van der Waals surface area contributed by atoms with Crippen LogP contribution in [0.5, 0.6) is 0 Å². The normalized spacial score (nSPS) is 57.5. The van der Waals surface area contributed by atoms with Crippen molar-refractivity contribution in [2.75, 3.05) is 0 Å². The zero-order valence-corrected chi connectivity index (χ0v) is 27.3. The predicted octanol–water partition coefficient (Wildman–Crippen LogP) is 11.6. The second-order valence-electron chi connectivity index (χ2n) is 19.2. The smallest absolute Gasteiger partial charge is 0.0292 e. The molecule has 0 aromatic carbocycles. The molecular weight excluding hydrogens is 492 g/mol. The van der Waals surface area contributed by atoms with Crippen LogP contribution in [0, 0.1) is 100 Å². The summed E-state index contributed by atoms with van der Waals surface area (Å²) >= 11 is 0. The summed E-state index contributed by atoms with van der Waals surface area (Å²) in [6.45, 7) is 5.46. The quantitative estimate of drug-likeness (QED) is 0.316. The molecule has 0 spiro atoms. The Morgan fingerprint density at radius 1 is 0.317 bits per heavy atom. The van der Waals surface area contributed by atoms with Gasteiger partial charge in [-0.15, -0.1) is 0 Å². The Balaban J connectivity index is 0.875. The van der Waals surface area contributed by atoms with Gasteiger partial charge >= 0.3 is 0 Å². The van der Waals surface area contributed by atoms with Gasteiger partial charge in [0.05, 0.1) is 0 Å². The van der Waals surface area contributed by atoms with E-state index in [-0.39, 0.29) is 0 Å². The average Bonchev–Trinajstić information content (AvgIpc) is 3.47. The van der Waals surface area contributed by atoms with Gasteiger partial charge in [0.25, 0.3) is 0 Å². The summed E-state index contributed by atoms with van der Waals surface area (Å²) in [5, 5.41) is 0. The van der Waals surface area contributed by atoms with Gasteiger partial charge < -0.3 is 0 Å². The summed E-state index contributed by atoms with van der Waals surface area (Å²) in [5.41, 5.74) is 0.635. The SMILES string of the molecule is CC1(C)C2CCCCC2C2CCC(C3CCC4CCC(C5CCC6C7CCCCC7C7CCCC5C76)CC4C3)CC21. The lowest BCUT2D eigenvalue weighted by atomic mass is 9.53. The highest BCUT2D eigenvalue weighted by Gasteiger charge is 2.59. The van der Waals surface area contributed by atoms with Gasteiger partial charge in [0, 0.05) is 0 Å². The van der Waals surface area contributed by atoms with E-state index in [0.29, 0.717) is 5.41 Å². The van der Waals surface area contributed by atoms with Crippen LogP contribution < -0.4 is 0 Å². The molecule has 9 saturated carbocycles. The van der Waals surface area contributed by atoms with E-state index >= 15 is 0 Å². The fourth-order valence-electron chi connectivity index (χ4n) is 16.7. The maximum atomic E-state index is 2.73. The molecule has 0 bridgehead atoms. The minimum absolute atomic E-state index is 0.635. The fourth-order valence-corrected chi connectivity index (χ4v) is 16.7. The third-order valence-electron chi connectivity index (χ3n) is 18.1. The Labute approximate surface area is 254 Å². The summed E-state index contributed by atoms with van der Waals surface area (Å²) in [4.78, 5) is 0. The lowest BCUT2D eigenvalue weighted by Crippen LogP contribution is -2.44. The third kappa shape index (κ3) is 4.29. The predicted molar refractivity (Wildman–Crippen MR) is 171 cm³/mol. The minimum atomic E-state index is 0.635. The van der Waals surface area contributed by atoms with Crippen molar-refractivity contribution in [1.29, 1.82) is 0 Å². The average molecular weight is 559 g/mol. The van der Waals surface area contributed by atoms with E-state index in [2.05, 4.69) is 13.8 Å². The number of hydrogen-bond donors (Lipinski definition) is 0. The number of rotatable bonds is 2. The maximum Gasteiger partial charge on any atom is -0.0292 e. The van der Waals surface area contributed by atoms with E-state index in [0.717, 1.165) is 65.1 Å². The first-order valence-electron chi connectivity index (χ1n) is 20.1. The molecule has 0 amide bonds. The zero-order valence-electron chi connectivity index (χ0n) is 27.3. The largest absolute Gasteiger partial charge is 0.0594 e. The molecule has 9 rings (SSSR count). The van der Waals surface area contributed by atoms with Gasteiger partial charge in [-0.2, -0.15) is 0 Å². The second-order valence-corrected chi connectivity index (χ2v) is 19.2. The van der Waals surface area contributed by atoms with Gasteiger partial charge in [-0.05, 0) is 209 Å². The van der Waals surface area contributed by atoms with Gasteiger partial charge in [0.15, 0.2) is 0 Å². The molecule has 0 aliphatic heterocycles. The van der Waals surface area contributed by atoms with Crippen molar-refractivity contribution >= 4 is 0 Å². The Morgan fingerprint density at radius 3 is 1.61 bits per heavy atom. The van der Waals surface area contributed by atoms with Gasteiger partial charge in [0.1, 0.15) is 0 Å². The standard InChI is InChI=1S/C41H66/c1-41(2)38-13-6-5-10-33(38)34-19-18-27(24-39(34)41)26-16-14-25-15-17-28(23-29(25)22-26)30-20-21-37-32-9-4-3-8-31(32)36-12-7-11-35(30)40(36)37/h25-40H,3-24H2,1-2H3. The Morgan fingerprint density at radius 2 is 0.805 bits per heavy atom. The van der Waals surface area contributed by atoms with Crippen LogP contribution in [-0.4, -0.2) is 0 Å². The van der Waals surface area contributed by atoms with Crippen LogP contribution in [0.3, 0.4) is 0 Å². The molecule has 16 unspecified atom stereocenters. The van der Waals surface area contributed by atoms with E-state index in [4.69, 9.17) is 0 Å². The van der Waals surface area contributed by atoms with Crippen molar-refractivity contribution in [1.82, 2.24) is 0 Å². The summed E-state index contributed by atoms with van der Waals surface area (Å²) in [6.07, 6.45) is 35.4. The van der Waals surface area contributed by atoms with Crippen LogP contribution in [0.1, 0.15) is 155 Å². The van der Waals surface area contributed by atoms with E-state index in [1.165, 1.54) is 36.0 Å². The van der Waals surface area contributed by atoms with Crippen molar-refractivity contribution in [3.05, 3.63) is 0 Å². The topological polar surface area (TPSA) is 0 Å². The van der Waals surface area contributed by atoms with Crippen molar-refractivity contribution in [2.24, 2.45) is 100 Å². The zero-order chi connectivity index (χ0) is 27.3. The lowest BCUT2D eigenvalue weighted by Gasteiger charge is -2.52. The van der Waals surface area contributed by atoms with Gasteiger partial charge in [-0.25, -0.2) is 0 Å². The highest BCUT2D eigenvalue weighted by atomic mass is 14.6. The summed E-state index contributed by atoms with van der Waals surface area (Å²) in [6, 6.07) is 0. The Bertz CT molecular complexity index is 932. The molecule has 0 aromatic heterocycles. The fraction of sp³-hybridized carbons (Fsp3) is 1.00. The molecule has 0 nitrogen and oxygen atoms in total. The van der Waals surface area contributed by atoms with Crippen molar-refractivity contribution in [2.45, 2.75) is 155 Å². The van der Waals surface area contributed by atoms with Crippen LogP contribution in [0.2, 0.25) is 0 Å². The Kier molecular flexibility index (Phi) is 7.02. The van der Waals surface area contributed by atoms with E-state index < -0.39 is 0 Å². The molecule has 230 valence electrons. The van der Waals surface area contributed by atoms with Crippen molar-refractivity contribution in [3.63, 3.8) is 0 Å². The Hall–Kier alpha value is 0. The first kappa shape index (κ1) is 27.3. The molecule has 16 atom stereocenters. The van der Waals surface area contributed by atoms with E-state index in [9.17, 15) is 0 Å². The second kappa shape index (κ2) is 10.5. The van der Waals surface area contributed by atoms with Gasteiger partial charge in [0.2, 0.25) is 0 Å². The van der Waals surface area contributed by atoms with Crippen LogP contribution in [-0.2, 0) is 0 Å². The van der Waals surface area contributed by atoms with Crippen LogP contribution in [0.4, 0.5) is 0 Å². The van der Waals surface area contributed by atoms with Gasteiger partial charge in [-0.3, -0.25) is 0 Å². The summed E-state index contributed by atoms with van der Waals surface area (Å²) < 4.78 is 0. The van der Waals surface area contributed by atoms with E-state index in [1.54, 1.807) is 135 Å². The highest BCUT2D eigenvalue weighted by molar-refractivity contribution is 5.08. The first-order chi connectivity index (χ1) is 20.1. The van der Waals surface area contributed by atoms with Crippen molar-refractivity contribution < 1.29 is 0 Å². The monoisotopic (exact) mass is 559 g/mol. The molecule has 0 saturated heterocycles. The molecule has 9 fully saturated rings. The molecule has 9 aliphatic carbocycles. The van der Waals surface area contributed by atoms with Crippen molar-refractivity contribution in [3.8, 4) is 0 Å². The molecule has 0 heterocycles. The minimum Gasteiger partial charge on any atom is -0.0594 e. The van der Waals surface area contributed by atoms with Crippen LogP contribution in [0.25, 0.3) is 0 Å².